The SMILES string of the molecule is C=CCCCCCCCCOC(=O)/C=C/c1ccccc1OC(=O)Cl. The molecular weight excluding hydrogens is 340 g/mol. The van der Waals surface area contributed by atoms with E-state index in [-0.39, 0.29) is 0 Å². The molecule has 0 aromatic heterocycles. The summed E-state index contributed by atoms with van der Waals surface area (Å²) >= 11 is 5.21. The molecule has 1 rings (SSSR count). The highest BCUT2D eigenvalue weighted by Crippen LogP contribution is 2.20. The highest BCUT2D eigenvalue weighted by molar-refractivity contribution is 6.61. The number of benzene rings is 1. The van der Waals surface area contributed by atoms with Gasteiger partial charge in [-0.3, -0.25) is 0 Å². The molecule has 0 N–H and O–H groups in total. The Morgan fingerprint density at radius 2 is 1.72 bits per heavy atom. The Bertz CT molecular complexity index is 581. The summed E-state index contributed by atoms with van der Waals surface area (Å²) < 4.78 is 10.0. The molecule has 0 unspecified atom stereocenters. The lowest BCUT2D eigenvalue weighted by molar-refractivity contribution is -0.137. The van der Waals surface area contributed by atoms with Gasteiger partial charge in [-0.2, -0.15) is 0 Å². The highest BCUT2D eigenvalue weighted by atomic mass is 35.5. The number of hydrogen-bond donors (Lipinski definition) is 0. The van der Waals surface area contributed by atoms with E-state index in [2.05, 4.69) is 6.58 Å². The van der Waals surface area contributed by atoms with E-state index < -0.39 is 11.4 Å². The number of unbranched alkanes of at least 4 members (excludes halogenated alkanes) is 6. The second-order valence-electron chi connectivity index (χ2n) is 5.58. The van der Waals surface area contributed by atoms with Crippen molar-refractivity contribution in [2.24, 2.45) is 0 Å². The molecule has 0 radical (unpaired) electrons. The monoisotopic (exact) mass is 364 g/mol. The molecule has 25 heavy (non-hydrogen) atoms. The van der Waals surface area contributed by atoms with Crippen molar-refractivity contribution in [1.82, 2.24) is 0 Å². The summed E-state index contributed by atoms with van der Waals surface area (Å²) in [5, 5.41) is 0. The van der Waals surface area contributed by atoms with Crippen LogP contribution in [0, 0.1) is 0 Å². The van der Waals surface area contributed by atoms with E-state index in [9.17, 15) is 9.59 Å². The van der Waals surface area contributed by atoms with Crippen molar-refractivity contribution >= 4 is 29.1 Å². The van der Waals surface area contributed by atoms with E-state index >= 15 is 0 Å². The molecule has 0 heterocycles. The Balaban J connectivity index is 2.23. The Labute approximate surface area is 154 Å². The van der Waals surface area contributed by atoms with Crippen molar-refractivity contribution in [1.29, 1.82) is 0 Å². The fourth-order valence-electron chi connectivity index (χ4n) is 2.27. The zero-order valence-corrected chi connectivity index (χ0v) is 15.2. The van der Waals surface area contributed by atoms with Crippen LogP contribution in [-0.2, 0) is 9.53 Å². The standard InChI is InChI=1S/C20H25ClO4/c1-2-3-4-5-6-7-8-11-16-24-19(22)15-14-17-12-9-10-13-18(17)25-20(21)23/h2,9-10,12-15H,1,3-8,11,16H2/b15-14+. The lowest BCUT2D eigenvalue weighted by atomic mass is 10.1. The van der Waals surface area contributed by atoms with E-state index in [4.69, 9.17) is 21.1 Å². The van der Waals surface area contributed by atoms with Gasteiger partial charge in [-0.05, 0) is 31.4 Å². The summed E-state index contributed by atoms with van der Waals surface area (Å²) in [6.45, 7) is 4.12. The Morgan fingerprint density at radius 1 is 1.04 bits per heavy atom. The molecule has 0 bridgehead atoms. The maximum Gasteiger partial charge on any atom is 0.409 e. The minimum atomic E-state index is -0.923. The summed E-state index contributed by atoms with van der Waals surface area (Å²) in [4.78, 5) is 22.5. The van der Waals surface area contributed by atoms with Crippen molar-refractivity contribution in [3.63, 3.8) is 0 Å². The third-order valence-corrected chi connectivity index (χ3v) is 3.63. The molecule has 0 fully saturated rings. The van der Waals surface area contributed by atoms with E-state index in [1.807, 2.05) is 6.08 Å². The number of hydrogen-bond acceptors (Lipinski definition) is 4. The van der Waals surface area contributed by atoms with Gasteiger partial charge in [-0.1, -0.05) is 50.0 Å². The summed E-state index contributed by atoms with van der Waals surface area (Å²) in [6, 6.07) is 6.79. The molecule has 0 aliphatic heterocycles. The van der Waals surface area contributed by atoms with Crippen LogP contribution in [0.15, 0.2) is 43.0 Å². The van der Waals surface area contributed by atoms with E-state index in [0.29, 0.717) is 17.9 Å². The Morgan fingerprint density at radius 3 is 2.44 bits per heavy atom. The number of esters is 1. The second-order valence-corrected chi connectivity index (χ2v) is 5.89. The number of para-hydroxylation sites is 1. The largest absolute Gasteiger partial charge is 0.463 e. The number of allylic oxidation sites excluding steroid dienone is 1. The van der Waals surface area contributed by atoms with Crippen LogP contribution in [0.5, 0.6) is 5.75 Å². The van der Waals surface area contributed by atoms with Crippen LogP contribution in [-0.4, -0.2) is 18.0 Å². The maximum absolute atomic E-state index is 11.7. The van der Waals surface area contributed by atoms with Gasteiger partial charge in [0, 0.05) is 23.2 Å². The molecule has 1 aromatic carbocycles. The van der Waals surface area contributed by atoms with Crippen molar-refractivity contribution in [3.05, 3.63) is 48.6 Å². The molecular formula is C20H25ClO4. The zero-order chi connectivity index (χ0) is 18.3. The average Bonchev–Trinajstić information content (AvgIpc) is 2.59. The first kappa shape index (κ1) is 21.0. The third kappa shape index (κ3) is 10.4. The first-order chi connectivity index (χ1) is 12.1. The fourth-order valence-corrected chi connectivity index (χ4v) is 2.36. The van der Waals surface area contributed by atoms with Crippen LogP contribution < -0.4 is 4.74 Å². The van der Waals surface area contributed by atoms with Gasteiger partial charge < -0.3 is 9.47 Å². The molecule has 0 aliphatic carbocycles. The van der Waals surface area contributed by atoms with Crippen molar-refractivity contribution in [2.45, 2.75) is 44.9 Å². The normalized spacial score (nSPS) is 10.6. The lowest BCUT2D eigenvalue weighted by Gasteiger charge is -2.04. The van der Waals surface area contributed by atoms with Crippen LogP contribution >= 0.6 is 11.6 Å². The van der Waals surface area contributed by atoms with Gasteiger partial charge in [-0.15, -0.1) is 6.58 Å². The van der Waals surface area contributed by atoms with E-state index in [1.54, 1.807) is 24.3 Å². The van der Waals surface area contributed by atoms with E-state index in [0.717, 1.165) is 25.7 Å². The zero-order valence-electron chi connectivity index (χ0n) is 14.4. The lowest BCUT2D eigenvalue weighted by Crippen LogP contribution is -2.02. The highest BCUT2D eigenvalue weighted by Gasteiger charge is 2.05. The van der Waals surface area contributed by atoms with Gasteiger partial charge in [0.25, 0.3) is 0 Å². The van der Waals surface area contributed by atoms with Crippen molar-refractivity contribution in [3.8, 4) is 5.75 Å². The molecule has 1 aromatic rings. The molecule has 0 spiro atoms. The molecule has 5 heteroatoms. The molecule has 0 atom stereocenters. The Hall–Kier alpha value is -2.07. The van der Waals surface area contributed by atoms with Crippen LogP contribution in [0.2, 0.25) is 0 Å². The first-order valence-electron chi connectivity index (χ1n) is 8.55. The Kier molecular flexibility index (Phi) is 11.1. The molecule has 0 saturated carbocycles. The smallest absolute Gasteiger partial charge is 0.409 e. The van der Waals surface area contributed by atoms with Gasteiger partial charge in [0.2, 0.25) is 0 Å². The van der Waals surface area contributed by atoms with E-state index in [1.165, 1.54) is 31.4 Å². The molecule has 0 saturated heterocycles. The number of ether oxygens (including phenoxy) is 2. The summed E-state index contributed by atoms with van der Waals surface area (Å²) in [5.41, 5.74) is -0.346. The minimum Gasteiger partial charge on any atom is -0.463 e. The predicted molar refractivity (Wildman–Crippen MR) is 101 cm³/mol. The number of halogens is 1. The first-order valence-corrected chi connectivity index (χ1v) is 8.93. The van der Waals surface area contributed by atoms with Crippen LogP contribution in [0.1, 0.15) is 50.5 Å². The number of carbonyl (C=O) groups excluding carboxylic acids is 2. The van der Waals surface area contributed by atoms with Crippen LogP contribution in [0.25, 0.3) is 6.08 Å². The van der Waals surface area contributed by atoms with Gasteiger partial charge in [-0.25, -0.2) is 9.59 Å². The summed E-state index contributed by atoms with van der Waals surface area (Å²) in [7, 11) is 0. The minimum absolute atomic E-state index is 0.294. The molecule has 0 aliphatic rings. The molecule has 4 nitrogen and oxygen atoms in total. The van der Waals surface area contributed by atoms with Crippen molar-refractivity contribution in [2.75, 3.05) is 6.61 Å². The average molecular weight is 365 g/mol. The van der Waals surface area contributed by atoms with Gasteiger partial charge in [0.05, 0.1) is 6.61 Å². The van der Waals surface area contributed by atoms with Crippen LogP contribution in [0.4, 0.5) is 4.79 Å². The summed E-state index contributed by atoms with van der Waals surface area (Å²) in [5.74, 6) is -0.124. The predicted octanol–water partition coefficient (Wildman–Crippen LogP) is 5.90. The topological polar surface area (TPSA) is 52.6 Å². The number of rotatable bonds is 12. The van der Waals surface area contributed by atoms with Gasteiger partial charge >= 0.3 is 11.4 Å². The second kappa shape index (κ2) is 13.2. The molecule has 0 amide bonds. The fraction of sp³-hybridized carbons (Fsp3) is 0.400. The number of carbonyl (C=O) groups is 2. The van der Waals surface area contributed by atoms with Crippen molar-refractivity contribution < 1.29 is 19.1 Å². The van der Waals surface area contributed by atoms with Crippen LogP contribution in [0.3, 0.4) is 0 Å². The molecule has 136 valence electrons. The summed E-state index contributed by atoms with van der Waals surface area (Å²) in [6.07, 6.45) is 12.6. The maximum atomic E-state index is 11.7. The third-order valence-electron chi connectivity index (χ3n) is 3.56. The van der Waals surface area contributed by atoms with Gasteiger partial charge in [0.15, 0.2) is 0 Å². The quantitative estimate of drug-likeness (QED) is 0.152. The van der Waals surface area contributed by atoms with Gasteiger partial charge in [0.1, 0.15) is 5.75 Å².